The molecule has 0 unspecified atom stereocenters. The van der Waals surface area contributed by atoms with Crippen LogP contribution in [-0.4, -0.2) is 38.5 Å². The molecule has 3 atom stereocenters. The Labute approximate surface area is 287 Å². The monoisotopic (exact) mass is 656 g/mol. The van der Waals surface area contributed by atoms with Gasteiger partial charge in [0.2, 0.25) is 0 Å². The summed E-state index contributed by atoms with van der Waals surface area (Å²) in [7, 11) is -2.81. The predicted octanol–water partition coefficient (Wildman–Crippen LogP) is 7.77. The van der Waals surface area contributed by atoms with Gasteiger partial charge in [-0.1, -0.05) is 186 Å². The van der Waals surface area contributed by atoms with E-state index in [-0.39, 0.29) is 24.0 Å². The first-order valence-corrected chi connectivity index (χ1v) is 18.8. The zero-order valence-electron chi connectivity index (χ0n) is 28.8. The first-order chi connectivity index (χ1) is 23.1. The number of Topliss-reactive ketones (excluding diaryl/α,β-unsaturated/α-hetero) is 1. The third kappa shape index (κ3) is 7.15. The molecule has 1 N–H and O–H groups in total. The fraction of sp³-hybridized carbons (Fsp3) is 0.279. The van der Waals surface area contributed by atoms with Crippen molar-refractivity contribution in [2.45, 2.75) is 51.4 Å². The molecule has 5 aromatic rings. The smallest absolute Gasteiger partial charge is 0.261 e. The van der Waals surface area contributed by atoms with Gasteiger partial charge < -0.3 is 14.3 Å². The first-order valence-electron chi connectivity index (χ1n) is 16.9. The molecule has 0 heterocycles. The van der Waals surface area contributed by atoms with Crippen LogP contribution in [-0.2, 0) is 19.6 Å². The Bertz CT molecular complexity index is 1570. The van der Waals surface area contributed by atoms with Gasteiger partial charge in [-0.3, -0.25) is 4.79 Å². The summed E-state index contributed by atoms with van der Waals surface area (Å²) in [6.07, 6.45) is -1.02. The summed E-state index contributed by atoms with van der Waals surface area (Å²) in [5.41, 5.74) is 1.85. The Hall–Kier alpha value is -4.13. The second kappa shape index (κ2) is 15.4. The van der Waals surface area contributed by atoms with E-state index in [0.717, 1.165) is 16.7 Å². The number of carbonyl (C=O) groups is 1. The molecule has 0 aromatic heterocycles. The molecule has 5 rings (SSSR count). The molecular weight excluding hydrogens is 609 g/mol. The molecule has 5 heteroatoms. The Morgan fingerprint density at radius 2 is 0.958 bits per heavy atom. The third-order valence-corrected chi connectivity index (χ3v) is 14.5. The fourth-order valence-corrected chi connectivity index (χ4v) is 11.5. The van der Waals surface area contributed by atoms with Crippen molar-refractivity contribution >= 4 is 24.5 Å². The van der Waals surface area contributed by atoms with Crippen LogP contribution in [0.2, 0.25) is 5.04 Å². The van der Waals surface area contributed by atoms with Gasteiger partial charge >= 0.3 is 0 Å². The van der Waals surface area contributed by atoms with Gasteiger partial charge in [-0.15, -0.1) is 0 Å². The number of aliphatic hydroxyl groups excluding tert-OH is 1. The highest BCUT2D eigenvalue weighted by Gasteiger charge is 2.50. The number of ketones is 1. The molecule has 0 aliphatic heterocycles. The summed E-state index contributed by atoms with van der Waals surface area (Å²) < 4.78 is 13.9. The number of benzene rings is 5. The lowest BCUT2D eigenvalue weighted by Gasteiger charge is -2.43. The molecule has 0 bridgehead atoms. The zero-order valence-corrected chi connectivity index (χ0v) is 29.8. The number of ether oxygens (including phenoxy) is 1. The van der Waals surface area contributed by atoms with E-state index in [0.29, 0.717) is 0 Å². The summed E-state index contributed by atoms with van der Waals surface area (Å²) in [5.74, 6) is -1.14. The van der Waals surface area contributed by atoms with Crippen LogP contribution >= 0.6 is 0 Å². The quantitative estimate of drug-likeness (QED) is 0.0980. The van der Waals surface area contributed by atoms with Crippen LogP contribution in [0.3, 0.4) is 0 Å². The average molecular weight is 657 g/mol. The van der Waals surface area contributed by atoms with Crippen LogP contribution in [0.5, 0.6) is 0 Å². The highest BCUT2D eigenvalue weighted by atomic mass is 28.4. The maximum Gasteiger partial charge on any atom is 0.261 e. The largest absolute Gasteiger partial charge is 0.407 e. The molecule has 4 nitrogen and oxygen atoms in total. The normalized spacial score (nSPS) is 14.2. The van der Waals surface area contributed by atoms with Crippen LogP contribution in [0.15, 0.2) is 152 Å². The molecule has 0 saturated heterocycles. The van der Waals surface area contributed by atoms with Gasteiger partial charge in [-0.25, -0.2) is 0 Å². The van der Waals surface area contributed by atoms with Crippen molar-refractivity contribution in [1.29, 1.82) is 0 Å². The van der Waals surface area contributed by atoms with Crippen LogP contribution < -0.4 is 10.4 Å². The van der Waals surface area contributed by atoms with Gasteiger partial charge in [0.25, 0.3) is 8.32 Å². The fourth-order valence-electron chi connectivity index (χ4n) is 6.86. The SMILES string of the molecule is C[C@@H](CO[Si](c1ccccc1)(c1ccccc1)C(C)(C)C)C(=O)[C@H](C)[C@@H](O)COC(c1ccccc1)(c1ccccc1)c1ccccc1. The summed E-state index contributed by atoms with van der Waals surface area (Å²) in [6, 6.07) is 51.1. The van der Waals surface area contributed by atoms with Crippen molar-refractivity contribution in [3.05, 3.63) is 168 Å². The maximum absolute atomic E-state index is 14.0. The van der Waals surface area contributed by atoms with E-state index in [9.17, 15) is 9.90 Å². The van der Waals surface area contributed by atoms with E-state index in [4.69, 9.17) is 9.16 Å². The van der Waals surface area contributed by atoms with Crippen LogP contribution in [0.4, 0.5) is 0 Å². The second-order valence-electron chi connectivity index (χ2n) is 13.7. The number of rotatable bonds is 14. The summed E-state index contributed by atoms with van der Waals surface area (Å²) in [4.78, 5) is 14.0. The summed E-state index contributed by atoms with van der Waals surface area (Å²) in [6.45, 7) is 10.6. The molecule has 0 aliphatic rings. The molecule has 0 saturated carbocycles. The average Bonchev–Trinajstić information content (AvgIpc) is 3.13. The zero-order chi connectivity index (χ0) is 34.2. The Morgan fingerprint density at radius 1 is 0.604 bits per heavy atom. The molecule has 0 fully saturated rings. The van der Waals surface area contributed by atoms with Gasteiger partial charge in [0.1, 0.15) is 11.4 Å². The first kappa shape index (κ1) is 35.2. The van der Waals surface area contributed by atoms with Crippen LogP contribution in [0, 0.1) is 11.8 Å². The van der Waals surface area contributed by atoms with Gasteiger partial charge in [0, 0.05) is 18.4 Å². The topological polar surface area (TPSA) is 55.8 Å². The molecule has 0 amide bonds. The maximum atomic E-state index is 14.0. The molecule has 0 spiro atoms. The standard InChI is InChI=1S/C43H48O4Si/c1-33(31-47-48(42(3,4)5,38-27-17-9-18-28-38)39-29-19-10-20-30-39)41(45)34(2)40(44)32-46-43(35-21-11-6-12-22-35,36-23-13-7-14-24-36)37-25-15-8-16-26-37/h6-30,33-34,40,44H,31-32H2,1-5H3/t33-,34+,40-/m0/s1. The van der Waals surface area contributed by atoms with E-state index >= 15 is 0 Å². The Morgan fingerprint density at radius 3 is 1.31 bits per heavy atom. The van der Waals surface area contributed by atoms with Gasteiger partial charge in [-0.05, 0) is 32.1 Å². The molecule has 0 radical (unpaired) electrons. The second-order valence-corrected chi connectivity index (χ2v) is 18.0. The van der Waals surface area contributed by atoms with Gasteiger partial charge in [-0.2, -0.15) is 0 Å². The van der Waals surface area contributed by atoms with E-state index in [1.54, 1.807) is 6.92 Å². The molecular formula is C43H48O4Si. The number of hydrogen-bond donors (Lipinski definition) is 1. The van der Waals surface area contributed by atoms with Crippen LogP contribution in [0.25, 0.3) is 0 Å². The minimum Gasteiger partial charge on any atom is -0.407 e. The predicted molar refractivity (Wildman–Crippen MR) is 198 cm³/mol. The lowest BCUT2D eigenvalue weighted by atomic mass is 9.80. The van der Waals surface area contributed by atoms with E-state index in [1.165, 1.54) is 10.4 Å². The van der Waals surface area contributed by atoms with Crippen molar-refractivity contribution in [2.75, 3.05) is 13.2 Å². The van der Waals surface area contributed by atoms with Crippen molar-refractivity contribution < 1.29 is 19.1 Å². The van der Waals surface area contributed by atoms with E-state index in [2.05, 4.69) is 69.3 Å². The molecule has 48 heavy (non-hydrogen) atoms. The molecule has 248 valence electrons. The minimum atomic E-state index is -2.81. The highest BCUT2D eigenvalue weighted by molar-refractivity contribution is 6.99. The Balaban J connectivity index is 1.39. The third-order valence-electron chi connectivity index (χ3n) is 9.49. The van der Waals surface area contributed by atoms with Crippen molar-refractivity contribution in [3.63, 3.8) is 0 Å². The minimum absolute atomic E-state index is 0.0339. The Kier molecular flexibility index (Phi) is 11.3. The summed E-state index contributed by atoms with van der Waals surface area (Å²) in [5, 5.41) is 13.7. The highest BCUT2D eigenvalue weighted by Crippen LogP contribution is 2.41. The number of aliphatic hydroxyl groups is 1. The van der Waals surface area contributed by atoms with Crippen molar-refractivity contribution in [3.8, 4) is 0 Å². The van der Waals surface area contributed by atoms with Crippen LogP contribution in [0.1, 0.15) is 51.3 Å². The molecule has 0 aliphatic carbocycles. The number of carbonyl (C=O) groups excluding carboxylic acids is 1. The van der Waals surface area contributed by atoms with E-state index in [1.807, 2.05) is 110 Å². The molecule has 5 aromatic carbocycles. The lowest BCUT2D eigenvalue weighted by Crippen LogP contribution is -2.67. The summed E-state index contributed by atoms with van der Waals surface area (Å²) >= 11 is 0. The number of hydrogen-bond acceptors (Lipinski definition) is 4. The van der Waals surface area contributed by atoms with Crippen molar-refractivity contribution in [2.24, 2.45) is 11.8 Å². The van der Waals surface area contributed by atoms with Crippen molar-refractivity contribution in [1.82, 2.24) is 0 Å². The lowest BCUT2D eigenvalue weighted by molar-refractivity contribution is -0.133. The van der Waals surface area contributed by atoms with Gasteiger partial charge in [0.15, 0.2) is 0 Å². The van der Waals surface area contributed by atoms with Gasteiger partial charge in [0.05, 0.1) is 12.7 Å². The van der Waals surface area contributed by atoms with E-state index < -0.39 is 31.9 Å².